The summed E-state index contributed by atoms with van der Waals surface area (Å²) in [5.41, 5.74) is 1.23. The summed E-state index contributed by atoms with van der Waals surface area (Å²) in [4.78, 5) is 12.9. The molecular formula is C18H18Cl2N2O3S. The molecule has 2 aromatic carbocycles. The second-order valence-electron chi connectivity index (χ2n) is 6.26. The van der Waals surface area contributed by atoms with E-state index in [-0.39, 0.29) is 23.5 Å². The highest BCUT2D eigenvalue weighted by atomic mass is 35.5. The molecule has 1 amide bonds. The summed E-state index contributed by atoms with van der Waals surface area (Å²) in [6.45, 7) is 0. The van der Waals surface area contributed by atoms with Gasteiger partial charge >= 0.3 is 0 Å². The first kappa shape index (κ1) is 19.2. The number of hydrogen-bond donors (Lipinski definition) is 2. The highest BCUT2D eigenvalue weighted by Crippen LogP contribution is 2.25. The molecule has 138 valence electrons. The molecule has 0 bridgehead atoms. The lowest BCUT2D eigenvalue weighted by molar-refractivity contribution is -0.118. The fourth-order valence-electron chi connectivity index (χ4n) is 2.97. The molecule has 1 fully saturated rings. The van der Waals surface area contributed by atoms with Crippen molar-refractivity contribution in [2.24, 2.45) is 0 Å². The van der Waals surface area contributed by atoms with Gasteiger partial charge in [0.1, 0.15) is 6.04 Å². The molecule has 8 heteroatoms. The molecule has 1 aliphatic rings. The van der Waals surface area contributed by atoms with Crippen LogP contribution in [0.15, 0.2) is 48.5 Å². The maximum atomic E-state index is 12.9. The summed E-state index contributed by atoms with van der Waals surface area (Å²) in [6, 6.07) is 13.0. The van der Waals surface area contributed by atoms with Crippen LogP contribution in [0.1, 0.15) is 18.0 Å². The predicted molar refractivity (Wildman–Crippen MR) is 104 cm³/mol. The van der Waals surface area contributed by atoms with Crippen molar-refractivity contribution in [2.45, 2.75) is 18.5 Å². The molecule has 2 atom stereocenters. The monoisotopic (exact) mass is 412 g/mol. The maximum Gasteiger partial charge on any atom is 0.246 e. The zero-order chi connectivity index (χ0) is 18.7. The fraction of sp³-hybridized carbons (Fsp3) is 0.278. The first-order valence-corrected chi connectivity index (χ1v) is 10.7. The van der Waals surface area contributed by atoms with Gasteiger partial charge in [-0.2, -0.15) is 0 Å². The van der Waals surface area contributed by atoms with E-state index in [4.69, 9.17) is 23.2 Å². The molecule has 0 radical (unpaired) electrons. The molecule has 0 saturated carbocycles. The van der Waals surface area contributed by atoms with Crippen LogP contribution in [-0.4, -0.2) is 31.9 Å². The molecule has 0 spiro atoms. The van der Waals surface area contributed by atoms with Crippen molar-refractivity contribution >= 4 is 44.6 Å². The zero-order valence-electron chi connectivity index (χ0n) is 13.8. The van der Waals surface area contributed by atoms with Gasteiger partial charge in [0, 0.05) is 21.8 Å². The lowest BCUT2D eigenvalue weighted by atomic mass is 10.0. The van der Waals surface area contributed by atoms with E-state index in [1.54, 1.807) is 18.2 Å². The Kier molecular flexibility index (Phi) is 5.87. The quantitative estimate of drug-likeness (QED) is 0.788. The molecule has 1 heterocycles. The summed E-state index contributed by atoms with van der Waals surface area (Å²) >= 11 is 12.0. The number of hydrogen-bond acceptors (Lipinski definition) is 4. The highest BCUT2D eigenvalue weighted by molar-refractivity contribution is 7.91. The largest absolute Gasteiger partial charge is 0.324 e. The Labute approximate surface area is 162 Å². The summed E-state index contributed by atoms with van der Waals surface area (Å²) < 4.78 is 23.4. The first-order valence-electron chi connectivity index (χ1n) is 8.11. The third-order valence-electron chi connectivity index (χ3n) is 4.16. The minimum absolute atomic E-state index is 0.0343. The minimum Gasteiger partial charge on any atom is -0.324 e. The van der Waals surface area contributed by atoms with Crippen LogP contribution in [0.4, 0.5) is 5.69 Å². The van der Waals surface area contributed by atoms with Crippen molar-refractivity contribution in [1.82, 2.24) is 5.32 Å². The van der Waals surface area contributed by atoms with Crippen LogP contribution >= 0.6 is 23.2 Å². The van der Waals surface area contributed by atoms with E-state index < -0.39 is 15.9 Å². The maximum absolute atomic E-state index is 12.9. The van der Waals surface area contributed by atoms with Crippen LogP contribution < -0.4 is 10.6 Å². The smallest absolute Gasteiger partial charge is 0.246 e. The van der Waals surface area contributed by atoms with Crippen LogP contribution in [0.25, 0.3) is 0 Å². The molecule has 0 aromatic heterocycles. The summed E-state index contributed by atoms with van der Waals surface area (Å²) in [5, 5.41) is 6.81. The number of carbonyl (C=O) groups is 1. The second kappa shape index (κ2) is 7.96. The van der Waals surface area contributed by atoms with Gasteiger partial charge in [-0.3, -0.25) is 10.1 Å². The van der Waals surface area contributed by atoms with Gasteiger partial charge in [-0.1, -0.05) is 53.5 Å². The number of carbonyl (C=O) groups excluding carboxylic acids is 1. The minimum atomic E-state index is -3.05. The Morgan fingerprint density at radius 3 is 2.31 bits per heavy atom. The molecule has 26 heavy (non-hydrogen) atoms. The number of nitrogens with one attached hydrogen (secondary N) is 2. The zero-order valence-corrected chi connectivity index (χ0v) is 16.1. The van der Waals surface area contributed by atoms with E-state index in [0.29, 0.717) is 22.2 Å². The van der Waals surface area contributed by atoms with Gasteiger partial charge in [-0.05, 0) is 30.2 Å². The van der Waals surface area contributed by atoms with E-state index in [1.807, 2.05) is 30.3 Å². The van der Waals surface area contributed by atoms with Crippen molar-refractivity contribution in [2.75, 3.05) is 16.8 Å². The first-order chi connectivity index (χ1) is 12.3. The van der Waals surface area contributed by atoms with Crippen LogP contribution in [-0.2, 0) is 14.6 Å². The van der Waals surface area contributed by atoms with Gasteiger partial charge in [0.05, 0.1) is 11.5 Å². The molecule has 3 rings (SSSR count). The summed E-state index contributed by atoms with van der Waals surface area (Å²) in [6.07, 6.45) is 0.488. The average Bonchev–Trinajstić information content (AvgIpc) is 2.91. The third-order valence-corrected chi connectivity index (χ3v) is 6.36. The van der Waals surface area contributed by atoms with E-state index >= 15 is 0 Å². The van der Waals surface area contributed by atoms with Gasteiger partial charge in [0.25, 0.3) is 0 Å². The van der Waals surface area contributed by atoms with E-state index in [2.05, 4.69) is 10.6 Å². The van der Waals surface area contributed by atoms with Crippen LogP contribution in [0.5, 0.6) is 0 Å². The SMILES string of the molecule is O=C(Nc1cc(Cl)cc(Cl)c1)[C@H](N[C@H]1CCS(=O)(=O)C1)c1ccccc1. The predicted octanol–water partition coefficient (Wildman–Crippen LogP) is 3.45. The highest BCUT2D eigenvalue weighted by Gasteiger charge is 2.32. The fourth-order valence-corrected chi connectivity index (χ4v) is 5.18. The molecule has 2 aromatic rings. The van der Waals surface area contributed by atoms with Crippen LogP contribution in [0, 0.1) is 0 Å². The standard InChI is InChI=1S/C18H18Cl2N2O3S/c19-13-8-14(20)10-16(9-13)22-18(23)17(12-4-2-1-3-5-12)21-15-6-7-26(24,25)11-15/h1-5,8-10,15,17,21H,6-7,11H2,(H,22,23)/t15-,17+/m0/s1. The molecule has 0 aliphatic carbocycles. The number of rotatable bonds is 5. The molecule has 0 unspecified atom stereocenters. The van der Waals surface area contributed by atoms with Crippen molar-refractivity contribution in [3.8, 4) is 0 Å². The van der Waals surface area contributed by atoms with Crippen LogP contribution in [0.3, 0.4) is 0 Å². The topological polar surface area (TPSA) is 75.3 Å². The molecule has 5 nitrogen and oxygen atoms in total. The van der Waals surface area contributed by atoms with Gasteiger partial charge in [0.2, 0.25) is 5.91 Å². The number of halogens is 2. The number of amides is 1. The molecule has 1 saturated heterocycles. The van der Waals surface area contributed by atoms with Crippen molar-refractivity contribution in [3.05, 3.63) is 64.1 Å². The molecule has 1 aliphatic heterocycles. The Morgan fingerprint density at radius 2 is 1.73 bits per heavy atom. The van der Waals surface area contributed by atoms with Gasteiger partial charge in [0.15, 0.2) is 9.84 Å². The Balaban J connectivity index is 1.81. The summed E-state index contributed by atoms with van der Waals surface area (Å²) in [5.74, 6) is -0.136. The molecular weight excluding hydrogens is 395 g/mol. The van der Waals surface area contributed by atoms with E-state index in [9.17, 15) is 13.2 Å². The molecule has 2 N–H and O–H groups in total. The van der Waals surface area contributed by atoms with Crippen molar-refractivity contribution in [3.63, 3.8) is 0 Å². The van der Waals surface area contributed by atoms with Gasteiger partial charge < -0.3 is 5.32 Å². The normalized spacial score (nSPS) is 19.8. The number of benzene rings is 2. The van der Waals surface area contributed by atoms with Crippen LogP contribution in [0.2, 0.25) is 10.0 Å². The lowest BCUT2D eigenvalue weighted by Crippen LogP contribution is -2.40. The van der Waals surface area contributed by atoms with Crippen molar-refractivity contribution in [1.29, 1.82) is 0 Å². The Morgan fingerprint density at radius 1 is 1.08 bits per heavy atom. The van der Waals surface area contributed by atoms with E-state index in [1.165, 1.54) is 0 Å². The third kappa shape index (κ3) is 4.98. The summed E-state index contributed by atoms with van der Waals surface area (Å²) in [7, 11) is -3.05. The number of sulfone groups is 1. The Hall–Kier alpha value is -1.60. The van der Waals surface area contributed by atoms with Gasteiger partial charge in [-0.25, -0.2) is 8.42 Å². The van der Waals surface area contributed by atoms with E-state index in [0.717, 1.165) is 5.56 Å². The van der Waals surface area contributed by atoms with Crippen molar-refractivity contribution < 1.29 is 13.2 Å². The average molecular weight is 413 g/mol. The second-order valence-corrected chi connectivity index (χ2v) is 9.36. The Bertz CT molecular complexity index is 884. The number of anilines is 1. The lowest BCUT2D eigenvalue weighted by Gasteiger charge is -2.22. The van der Waals surface area contributed by atoms with Gasteiger partial charge in [-0.15, -0.1) is 0 Å².